The quantitative estimate of drug-likeness (QED) is 0.301. The van der Waals surface area contributed by atoms with E-state index < -0.39 is 10.0 Å². The van der Waals surface area contributed by atoms with Crippen molar-refractivity contribution in [2.24, 2.45) is 0 Å². The minimum Gasteiger partial charge on any atom is -0.379 e. The average molecular weight is 562 g/mol. The largest absolute Gasteiger partial charge is 0.379 e. The Labute approximate surface area is 232 Å². The Morgan fingerprint density at radius 1 is 1.00 bits per heavy atom. The third kappa shape index (κ3) is 4.67. The van der Waals surface area contributed by atoms with Crippen molar-refractivity contribution in [2.75, 3.05) is 37.7 Å². The fourth-order valence-corrected chi connectivity index (χ4v) is 6.91. The van der Waals surface area contributed by atoms with Crippen molar-refractivity contribution in [3.63, 3.8) is 0 Å². The second kappa shape index (κ2) is 10.3. The van der Waals surface area contributed by atoms with E-state index in [0.717, 1.165) is 27.7 Å². The molecule has 4 aromatic rings. The highest BCUT2D eigenvalue weighted by molar-refractivity contribution is 7.89. The maximum absolute atomic E-state index is 13.6. The monoisotopic (exact) mass is 561 g/mol. The van der Waals surface area contributed by atoms with Gasteiger partial charge in [0.15, 0.2) is 0 Å². The van der Waals surface area contributed by atoms with Crippen LogP contribution in [0.5, 0.6) is 0 Å². The van der Waals surface area contributed by atoms with Gasteiger partial charge in [-0.05, 0) is 55.0 Å². The highest BCUT2D eigenvalue weighted by Gasteiger charge is 2.34. The number of fused-ring (bicyclic) bond motifs is 2. The first-order valence-corrected chi connectivity index (χ1v) is 14.8. The van der Waals surface area contributed by atoms with Crippen LogP contribution in [-0.2, 0) is 26.1 Å². The summed E-state index contributed by atoms with van der Waals surface area (Å²) < 4.78 is 35.7. The Kier molecular flexibility index (Phi) is 6.81. The van der Waals surface area contributed by atoms with Crippen molar-refractivity contribution >= 4 is 55.8 Å². The lowest BCUT2D eigenvalue weighted by atomic mass is 10.0. The lowest BCUT2D eigenvalue weighted by molar-refractivity contribution is -0.112. The minimum absolute atomic E-state index is 0.136. The molecule has 0 unspecified atom stereocenters. The number of rotatable bonds is 6. The van der Waals surface area contributed by atoms with Gasteiger partial charge < -0.3 is 14.2 Å². The SMILES string of the molecule is CCN1C(=O)C(=Cc2cn(Cc3ccc(Cl)cc3)c3ccccc23)c2cc(S(=O)(=O)N3CCOCC3)ccc21. The highest BCUT2D eigenvalue weighted by atomic mass is 35.5. The summed E-state index contributed by atoms with van der Waals surface area (Å²) in [6, 6.07) is 20.8. The third-order valence-electron chi connectivity index (χ3n) is 7.33. The van der Waals surface area contributed by atoms with E-state index in [1.807, 2.05) is 61.7 Å². The molecule has 2 aliphatic heterocycles. The molecule has 0 atom stereocenters. The fraction of sp³-hybridized carbons (Fsp3) is 0.233. The van der Waals surface area contributed by atoms with Crippen molar-refractivity contribution in [3.8, 4) is 0 Å². The molecule has 3 aromatic carbocycles. The average Bonchev–Trinajstić information content (AvgIpc) is 3.44. The first kappa shape index (κ1) is 25.8. The minimum atomic E-state index is -3.71. The molecule has 3 heterocycles. The van der Waals surface area contributed by atoms with Crippen LogP contribution in [0.3, 0.4) is 0 Å². The molecule has 0 bridgehead atoms. The van der Waals surface area contributed by atoms with Crippen molar-refractivity contribution in [2.45, 2.75) is 18.4 Å². The number of likely N-dealkylation sites (N-methyl/N-ethyl adjacent to an activating group) is 1. The number of carbonyl (C=O) groups excluding carboxylic acids is 1. The summed E-state index contributed by atoms with van der Waals surface area (Å²) in [5.74, 6) is -0.136. The molecule has 6 rings (SSSR count). The van der Waals surface area contributed by atoms with Gasteiger partial charge in [-0.3, -0.25) is 4.79 Å². The van der Waals surface area contributed by atoms with Gasteiger partial charge in [-0.2, -0.15) is 4.31 Å². The summed E-state index contributed by atoms with van der Waals surface area (Å²) >= 11 is 6.07. The van der Waals surface area contributed by atoms with Gasteiger partial charge in [-0.15, -0.1) is 0 Å². The number of nitrogens with zero attached hydrogens (tertiary/aromatic N) is 3. The molecular formula is C30H28ClN3O4S. The number of ether oxygens (including phenoxy) is 1. The highest BCUT2D eigenvalue weighted by Crippen LogP contribution is 2.40. The van der Waals surface area contributed by atoms with Gasteiger partial charge in [0.05, 0.1) is 23.8 Å². The number of carbonyl (C=O) groups is 1. The second-order valence-corrected chi connectivity index (χ2v) is 12.0. The molecule has 0 saturated carbocycles. The van der Waals surface area contributed by atoms with E-state index in [2.05, 4.69) is 10.6 Å². The number of hydrogen-bond donors (Lipinski definition) is 0. The predicted molar refractivity (Wildman–Crippen MR) is 154 cm³/mol. The van der Waals surface area contributed by atoms with Crippen LogP contribution in [-0.4, -0.2) is 56.0 Å². The molecule has 0 aliphatic carbocycles. The van der Waals surface area contributed by atoms with Gasteiger partial charge >= 0.3 is 0 Å². The van der Waals surface area contributed by atoms with Crippen molar-refractivity contribution < 1.29 is 17.9 Å². The summed E-state index contributed by atoms with van der Waals surface area (Å²) in [7, 11) is -3.71. The predicted octanol–water partition coefficient (Wildman–Crippen LogP) is 5.27. The number of benzene rings is 3. The summed E-state index contributed by atoms with van der Waals surface area (Å²) in [5.41, 5.74) is 4.89. The topological polar surface area (TPSA) is 71.9 Å². The summed E-state index contributed by atoms with van der Waals surface area (Å²) in [6.45, 7) is 4.42. The molecule has 1 amide bonds. The van der Waals surface area contributed by atoms with E-state index in [0.29, 0.717) is 55.6 Å². The fourth-order valence-electron chi connectivity index (χ4n) is 5.35. The molecule has 9 heteroatoms. The first-order valence-electron chi connectivity index (χ1n) is 12.9. The van der Waals surface area contributed by atoms with Crippen LogP contribution in [0.1, 0.15) is 23.6 Å². The van der Waals surface area contributed by atoms with Gasteiger partial charge in [0.1, 0.15) is 0 Å². The number of hydrogen-bond acceptors (Lipinski definition) is 4. The van der Waals surface area contributed by atoms with Gasteiger partial charge in [-0.1, -0.05) is 41.9 Å². The van der Waals surface area contributed by atoms with Gasteiger partial charge in [-0.25, -0.2) is 8.42 Å². The smallest absolute Gasteiger partial charge is 0.258 e. The number of halogens is 1. The molecule has 1 saturated heterocycles. The van der Waals surface area contributed by atoms with Crippen molar-refractivity contribution in [1.82, 2.24) is 8.87 Å². The number of sulfonamides is 1. The summed E-state index contributed by atoms with van der Waals surface area (Å²) in [6.07, 6.45) is 3.94. The van der Waals surface area contributed by atoms with E-state index in [1.165, 1.54) is 4.31 Å². The van der Waals surface area contributed by atoms with Crippen LogP contribution in [0.2, 0.25) is 5.02 Å². The number of morpholine rings is 1. The Morgan fingerprint density at radius 3 is 2.49 bits per heavy atom. The standard InChI is InChI=1S/C30H28ClN3O4S/c1-2-34-29-12-11-24(39(36,37)33-13-15-38-16-14-33)18-26(29)27(30(34)35)17-22-20-32(28-6-4-3-5-25(22)28)19-21-7-9-23(31)10-8-21/h3-12,17-18,20H,2,13-16,19H2,1H3. The van der Waals surface area contributed by atoms with Crippen molar-refractivity contribution in [1.29, 1.82) is 0 Å². The van der Waals surface area contributed by atoms with Crippen LogP contribution in [0.25, 0.3) is 22.6 Å². The zero-order valence-corrected chi connectivity index (χ0v) is 23.1. The number of para-hydroxylation sites is 1. The van der Waals surface area contributed by atoms with Crippen LogP contribution >= 0.6 is 11.6 Å². The van der Waals surface area contributed by atoms with Crippen LogP contribution < -0.4 is 4.90 Å². The molecule has 39 heavy (non-hydrogen) atoms. The molecule has 200 valence electrons. The van der Waals surface area contributed by atoms with Gasteiger partial charge in [0.25, 0.3) is 5.91 Å². The second-order valence-electron chi connectivity index (χ2n) is 9.66. The van der Waals surface area contributed by atoms with Crippen LogP contribution in [0.4, 0.5) is 5.69 Å². The number of amides is 1. The number of aromatic nitrogens is 1. The maximum Gasteiger partial charge on any atom is 0.258 e. The molecular weight excluding hydrogens is 534 g/mol. The first-order chi connectivity index (χ1) is 18.9. The van der Waals surface area contributed by atoms with Crippen molar-refractivity contribution in [3.05, 3.63) is 94.6 Å². The van der Waals surface area contributed by atoms with E-state index >= 15 is 0 Å². The van der Waals surface area contributed by atoms with Crippen LogP contribution in [0.15, 0.2) is 77.8 Å². The Balaban J connectivity index is 1.44. The molecule has 0 N–H and O–H groups in total. The lowest BCUT2D eigenvalue weighted by Gasteiger charge is -2.26. The van der Waals surface area contributed by atoms with E-state index in [4.69, 9.17) is 16.3 Å². The Hall–Kier alpha value is -3.43. The molecule has 0 radical (unpaired) electrons. The van der Waals surface area contributed by atoms with E-state index in [1.54, 1.807) is 23.1 Å². The van der Waals surface area contributed by atoms with Gasteiger partial charge in [0, 0.05) is 65.0 Å². The summed E-state index contributed by atoms with van der Waals surface area (Å²) in [4.78, 5) is 15.5. The molecule has 7 nitrogen and oxygen atoms in total. The number of anilines is 1. The van der Waals surface area contributed by atoms with E-state index in [9.17, 15) is 13.2 Å². The maximum atomic E-state index is 13.6. The Morgan fingerprint density at radius 2 is 1.74 bits per heavy atom. The normalized spacial score (nSPS) is 17.3. The van der Waals surface area contributed by atoms with Gasteiger partial charge in [0.2, 0.25) is 10.0 Å². The molecule has 0 spiro atoms. The molecule has 1 fully saturated rings. The van der Waals surface area contributed by atoms with Crippen LogP contribution in [0, 0.1) is 0 Å². The zero-order chi connectivity index (χ0) is 27.1. The molecule has 1 aromatic heterocycles. The third-order valence-corrected chi connectivity index (χ3v) is 9.48. The lowest BCUT2D eigenvalue weighted by Crippen LogP contribution is -2.40. The summed E-state index contributed by atoms with van der Waals surface area (Å²) in [5, 5.41) is 1.70. The van der Waals surface area contributed by atoms with E-state index in [-0.39, 0.29) is 10.8 Å². The Bertz CT molecular complexity index is 1700. The zero-order valence-electron chi connectivity index (χ0n) is 21.5. The molecule has 2 aliphatic rings.